The molecule has 1 aromatic carbocycles. The fourth-order valence-corrected chi connectivity index (χ4v) is 2.42. The lowest BCUT2D eigenvalue weighted by molar-refractivity contribution is -0.115. The lowest BCUT2D eigenvalue weighted by atomic mass is 10.1. The largest absolute Gasteiger partial charge is 0.478 e. The quantitative estimate of drug-likeness (QED) is 0.631. The molecule has 2 N–H and O–H groups in total. The monoisotopic (exact) mass is 265 g/mol. The molecule has 1 aliphatic rings. The highest BCUT2D eigenvalue weighted by Gasteiger charge is 2.22. The molecule has 0 spiro atoms. The summed E-state index contributed by atoms with van der Waals surface area (Å²) >= 11 is 5.98. The molecule has 86 valence electrons. The lowest BCUT2D eigenvalue weighted by Crippen LogP contribution is -2.17. The maximum Gasteiger partial charge on any atom is 0.336 e. The maximum absolute atomic E-state index is 11.4. The Labute approximate surface area is 107 Å². The van der Waals surface area contributed by atoms with Crippen molar-refractivity contribution in [3.63, 3.8) is 0 Å². The standard InChI is InChI=1S/C11H7NO3S2/c13-9-8(17-11(16)12-9)5-6-3-1-2-4-7(6)10(14)15/h1-5H,(H,14,15)(H,12,13,16)/b8-5+. The van der Waals surface area contributed by atoms with E-state index < -0.39 is 5.97 Å². The van der Waals surface area contributed by atoms with Crippen molar-refractivity contribution in [2.24, 2.45) is 0 Å². The predicted molar refractivity (Wildman–Crippen MR) is 69.7 cm³/mol. The van der Waals surface area contributed by atoms with Gasteiger partial charge in [0, 0.05) is 0 Å². The first-order valence-electron chi connectivity index (χ1n) is 4.65. The molecule has 0 saturated carbocycles. The van der Waals surface area contributed by atoms with Crippen LogP contribution in [0.15, 0.2) is 29.2 Å². The third-order valence-corrected chi connectivity index (χ3v) is 3.28. The molecular formula is C11H7NO3S2. The Morgan fingerprint density at radius 2 is 2.12 bits per heavy atom. The molecule has 2 rings (SSSR count). The molecule has 1 saturated heterocycles. The summed E-state index contributed by atoms with van der Waals surface area (Å²) < 4.78 is 0.383. The topological polar surface area (TPSA) is 66.4 Å². The third kappa shape index (κ3) is 2.54. The van der Waals surface area contributed by atoms with Crippen LogP contribution in [0.25, 0.3) is 6.08 Å². The van der Waals surface area contributed by atoms with Crippen molar-refractivity contribution in [1.29, 1.82) is 0 Å². The van der Waals surface area contributed by atoms with Gasteiger partial charge in [0.05, 0.1) is 10.5 Å². The van der Waals surface area contributed by atoms with Crippen LogP contribution in [0, 0.1) is 0 Å². The number of hydrogen-bond donors (Lipinski definition) is 2. The van der Waals surface area contributed by atoms with E-state index >= 15 is 0 Å². The van der Waals surface area contributed by atoms with Gasteiger partial charge in [-0.2, -0.15) is 0 Å². The average molecular weight is 265 g/mol. The smallest absolute Gasteiger partial charge is 0.336 e. The minimum atomic E-state index is -1.02. The summed E-state index contributed by atoms with van der Waals surface area (Å²) in [6, 6.07) is 6.49. The second-order valence-electron chi connectivity index (χ2n) is 3.24. The van der Waals surface area contributed by atoms with E-state index in [1.165, 1.54) is 12.1 Å². The first-order valence-corrected chi connectivity index (χ1v) is 5.87. The van der Waals surface area contributed by atoms with E-state index in [4.69, 9.17) is 17.3 Å². The van der Waals surface area contributed by atoms with Crippen molar-refractivity contribution in [1.82, 2.24) is 5.32 Å². The number of thioether (sulfide) groups is 1. The Balaban J connectivity index is 2.42. The molecular weight excluding hydrogens is 258 g/mol. The molecule has 1 fully saturated rings. The van der Waals surface area contributed by atoms with Gasteiger partial charge in [0.15, 0.2) is 0 Å². The molecule has 4 nitrogen and oxygen atoms in total. The van der Waals surface area contributed by atoms with Crippen LogP contribution in [0.2, 0.25) is 0 Å². The average Bonchev–Trinajstić information content (AvgIpc) is 2.58. The first-order chi connectivity index (χ1) is 8.08. The number of aromatic carboxylic acids is 1. The fraction of sp³-hybridized carbons (Fsp3) is 0. The SMILES string of the molecule is O=C1NC(=S)S/C1=C/c1ccccc1C(=O)O. The van der Waals surface area contributed by atoms with Crippen LogP contribution < -0.4 is 5.32 Å². The molecule has 6 heteroatoms. The summed E-state index contributed by atoms with van der Waals surface area (Å²) in [4.78, 5) is 22.8. The second-order valence-corrected chi connectivity index (χ2v) is 4.96. The third-order valence-electron chi connectivity index (χ3n) is 2.12. The van der Waals surface area contributed by atoms with E-state index in [9.17, 15) is 9.59 Å². The minimum absolute atomic E-state index is 0.159. The summed E-state index contributed by atoms with van der Waals surface area (Å²) in [6.07, 6.45) is 1.53. The molecule has 0 aromatic heterocycles. The Kier molecular flexibility index (Phi) is 3.26. The number of benzene rings is 1. The Morgan fingerprint density at radius 1 is 1.41 bits per heavy atom. The van der Waals surface area contributed by atoms with Crippen molar-refractivity contribution in [2.45, 2.75) is 0 Å². The zero-order valence-electron chi connectivity index (χ0n) is 8.47. The van der Waals surface area contributed by atoms with Gasteiger partial charge in [-0.15, -0.1) is 0 Å². The van der Waals surface area contributed by atoms with Gasteiger partial charge in [-0.1, -0.05) is 42.2 Å². The summed E-state index contributed by atoms with van der Waals surface area (Å²) in [7, 11) is 0. The van der Waals surface area contributed by atoms with Crippen molar-refractivity contribution in [2.75, 3.05) is 0 Å². The number of carboxylic acid groups (broad SMARTS) is 1. The number of carbonyl (C=O) groups excluding carboxylic acids is 1. The molecule has 0 radical (unpaired) electrons. The highest BCUT2D eigenvalue weighted by Crippen LogP contribution is 2.26. The molecule has 1 aromatic rings. The van der Waals surface area contributed by atoms with Crippen LogP contribution in [0.1, 0.15) is 15.9 Å². The molecule has 0 atom stereocenters. The number of hydrogen-bond acceptors (Lipinski definition) is 4. The van der Waals surface area contributed by atoms with E-state index in [-0.39, 0.29) is 11.5 Å². The van der Waals surface area contributed by atoms with E-state index in [0.29, 0.717) is 14.8 Å². The van der Waals surface area contributed by atoms with Gasteiger partial charge < -0.3 is 10.4 Å². The number of rotatable bonds is 2. The molecule has 1 heterocycles. The molecule has 1 amide bonds. The highest BCUT2D eigenvalue weighted by molar-refractivity contribution is 8.26. The maximum atomic E-state index is 11.4. The minimum Gasteiger partial charge on any atom is -0.478 e. The van der Waals surface area contributed by atoms with Gasteiger partial charge in [-0.05, 0) is 17.7 Å². The van der Waals surface area contributed by atoms with Crippen LogP contribution in [-0.4, -0.2) is 21.3 Å². The van der Waals surface area contributed by atoms with Crippen LogP contribution in [0.3, 0.4) is 0 Å². The van der Waals surface area contributed by atoms with Crippen molar-refractivity contribution in [3.8, 4) is 0 Å². The molecule has 0 unspecified atom stereocenters. The Bertz CT molecular complexity index is 551. The second kappa shape index (κ2) is 4.68. The van der Waals surface area contributed by atoms with Crippen LogP contribution in [0.5, 0.6) is 0 Å². The molecule has 0 aliphatic carbocycles. The van der Waals surface area contributed by atoms with E-state index in [2.05, 4.69) is 5.32 Å². The predicted octanol–water partition coefficient (Wildman–Crippen LogP) is 1.87. The van der Waals surface area contributed by atoms with Gasteiger partial charge in [0.2, 0.25) is 0 Å². The summed E-state index contributed by atoms with van der Waals surface area (Å²) in [5, 5.41) is 11.5. The van der Waals surface area contributed by atoms with Gasteiger partial charge in [0.1, 0.15) is 4.32 Å². The lowest BCUT2D eigenvalue weighted by Gasteiger charge is -2.00. The molecule has 0 bridgehead atoms. The first kappa shape index (κ1) is 11.8. The Hall–Kier alpha value is -1.66. The van der Waals surface area contributed by atoms with Gasteiger partial charge in [0.25, 0.3) is 5.91 Å². The summed E-state index contributed by atoms with van der Waals surface area (Å²) in [5.74, 6) is -1.32. The summed E-state index contributed by atoms with van der Waals surface area (Å²) in [5.41, 5.74) is 0.647. The van der Waals surface area contributed by atoms with Crippen LogP contribution >= 0.6 is 24.0 Å². The Morgan fingerprint density at radius 3 is 2.71 bits per heavy atom. The molecule has 17 heavy (non-hydrogen) atoms. The zero-order valence-corrected chi connectivity index (χ0v) is 10.1. The number of carbonyl (C=O) groups is 2. The van der Waals surface area contributed by atoms with E-state index in [0.717, 1.165) is 11.8 Å². The van der Waals surface area contributed by atoms with Gasteiger partial charge in [-0.3, -0.25) is 4.79 Å². The normalized spacial score (nSPS) is 17.3. The fourth-order valence-electron chi connectivity index (χ4n) is 1.38. The van der Waals surface area contributed by atoms with Gasteiger partial charge in [-0.25, -0.2) is 4.79 Å². The number of carboxylic acids is 1. The van der Waals surface area contributed by atoms with E-state index in [1.807, 2.05) is 0 Å². The van der Waals surface area contributed by atoms with Crippen molar-refractivity contribution in [3.05, 3.63) is 40.3 Å². The number of amides is 1. The van der Waals surface area contributed by atoms with Crippen LogP contribution in [0.4, 0.5) is 0 Å². The van der Waals surface area contributed by atoms with E-state index in [1.54, 1.807) is 18.2 Å². The van der Waals surface area contributed by atoms with Gasteiger partial charge >= 0.3 is 5.97 Å². The van der Waals surface area contributed by atoms with Crippen LogP contribution in [-0.2, 0) is 4.79 Å². The molecule has 1 aliphatic heterocycles. The van der Waals surface area contributed by atoms with Crippen molar-refractivity contribution >= 4 is 46.3 Å². The highest BCUT2D eigenvalue weighted by atomic mass is 32.2. The summed E-state index contributed by atoms with van der Waals surface area (Å²) in [6.45, 7) is 0. The number of nitrogens with one attached hydrogen (secondary N) is 1. The van der Waals surface area contributed by atoms with Crippen molar-refractivity contribution < 1.29 is 14.7 Å². The number of thiocarbonyl (C=S) groups is 1. The zero-order chi connectivity index (χ0) is 12.4.